The van der Waals surface area contributed by atoms with E-state index >= 15 is 0 Å². The summed E-state index contributed by atoms with van der Waals surface area (Å²) < 4.78 is 0. The third kappa shape index (κ3) is 6.76. The van der Waals surface area contributed by atoms with Crippen LogP contribution in [0.2, 0.25) is 0 Å². The first-order valence-electron chi connectivity index (χ1n) is 12.9. The minimum atomic E-state index is -1.05. The van der Waals surface area contributed by atoms with Crippen LogP contribution in [-0.4, -0.2) is 67.2 Å². The SMILES string of the molecule is CNCc1cccc(C(=O)N(C)CCN2CCC(c3cccc(-c4ccccc4)c3NC(=O)O)CC2)c1. The normalized spacial score (nSPS) is 14.3. The van der Waals surface area contributed by atoms with Gasteiger partial charge in [0.15, 0.2) is 0 Å². The van der Waals surface area contributed by atoms with Crippen LogP contribution in [0.5, 0.6) is 0 Å². The molecule has 0 aliphatic carbocycles. The van der Waals surface area contributed by atoms with Gasteiger partial charge < -0.3 is 20.2 Å². The molecule has 1 aliphatic rings. The molecule has 3 N–H and O–H groups in total. The van der Waals surface area contributed by atoms with Crippen LogP contribution in [-0.2, 0) is 6.54 Å². The highest BCUT2D eigenvalue weighted by atomic mass is 16.4. The topological polar surface area (TPSA) is 84.9 Å². The number of carboxylic acid groups (broad SMARTS) is 1. The van der Waals surface area contributed by atoms with Crippen LogP contribution in [0.3, 0.4) is 0 Å². The smallest absolute Gasteiger partial charge is 0.409 e. The van der Waals surface area contributed by atoms with Crippen molar-refractivity contribution in [2.45, 2.75) is 25.3 Å². The van der Waals surface area contributed by atoms with E-state index in [1.54, 1.807) is 4.90 Å². The maximum absolute atomic E-state index is 12.9. The molecule has 1 heterocycles. The van der Waals surface area contributed by atoms with Crippen molar-refractivity contribution in [3.8, 4) is 11.1 Å². The molecule has 0 radical (unpaired) electrons. The number of piperidine rings is 1. The van der Waals surface area contributed by atoms with Crippen LogP contribution in [0.4, 0.5) is 10.5 Å². The number of carbonyl (C=O) groups excluding carboxylic acids is 1. The molecule has 37 heavy (non-hydrogen) atoms. The summed E-state index contributed by atoms with van der Waals surface area (Å²) in [7, 11) is 3.76. The summed E-state index contributed by atoms with van der Waals surface area (Å²) in [4.78, 5) is 28.7. The van der Waals surface area contributed by atoms with Crippen molar-refractivity contribution in [2.24, 2.45) is 0 Å². The molecule has 194 valence electrons. The van der Waals surface area contributed by atoms with E-state index in [9.17, 15) is 14.7 Å². The highest BCUT2D eigenvalue weighted by molar-refractivity contribution is 5.94. The number of anilines is 1. The zero-order valence-electron chi connectivity index (χ0n) is 21.6. The van der Waals surface area contributed by atoms with Gasteiger partial charge >= 0.3 is 6.09 Å². The van der Waals surface area contributed by atoms with Gasteiger partial charge in [-0.3, -0.25) is 10.1 Å². The highest BCUT2D eigenvalue weighted by Gasteiger charge is 2.25. The van der Waals surface area contributed by atoms with Gasteiger partial charge in [0, 0.05) is 37.8 Å². The van der Waals surface area contributed by atoms with E-state index in [0.29, 0.717) is 17.8 Å². The molecule has 1 fully saturated rings. The Labute approximate surface area is 219 Å². The van der Waals surface area contributed by atoms with Crippen molar-refractivity contribution >= 4 is 17.7 Å². The molecule has 2 amide bonds. The van der Waals surface area contributed by atoms with Crippen molar-refractivity contribution in [2.75, 3.05) is 45.6 Å². The van der Waals surface area contributed by atoms with Gasteiger partial charge in [-0.25, -0.2) is 4.79 Å². The second-order valence-corrected chi connectivity index (χ2v) is 9.64. The first-order chi connectivity index (χ1) is 18.0. The maximum atomic E-state index is 12.9. The van der Waals surface area contributed by atoms with Gasteiger partial charge in [-0.05, 0) is 67.7 Å². The number of likely N-dealkylation sites (N-methyl/N-ethyl adjacent to an activating group) is 1. The first-order valence-corrected chi connectivity index (χ1v) is 12.9. The molecule has 1 saturated heterocycles. The van der Waals surface area contributed by atoms with Crippen LogP contribution in [0.15, 0.2) is 72.8 Å². The Morgan fingerprint density at radius 2 is 1.73 bits per heavy atom. The number of nitrogens with one attached hydrogen (secondary N) is 2. The molecule has 0 aromatic heterocycles. The standard InChI is InChI=1S/C30H36N4O3/c1-31-21-22-8-6-11-25(20-22)29(35)33(2)18-19-34-16-14-24(15-17-34)27-13-7-12-26(28(27)32-30(36)37)23-9-4-3-5-10-23/h3-13,20,24,31-32H,14-19,21H2,1-2H3,(H,36,37). The van der Waals surface area contributed by atoms with E-state index in [4.69, 9.17) is 0 Å². The predicted octanol–water partition coefficient (Wildman–Crippen LogP) is 5.11. The second kappa shape index (κ2) is 12.5. The fourth-order valence-electron chi connectivity index (χ4n) is 5.11. The van der Waals surface area contributed by atoms with Crippen LogP contribution in [0.25, 0.3) is 11.1 Å². The Morgan fingerprint density at radius 1 is 1.00 bits per heavy atom. The number of hydrogen-bond acceptors (Lipinski definition) is 4. The molecule has 0 bridgehead atoms. The lowest BCUT2D eigenvalue weighted by Gasteiger charge is -2.34. The molecule has 3 aromatic rings. The van der Waals surface area contributed by atoms with Crippen LogP contribution in [0, 0.1) is 0 Å². The van der Waals surface area contributed by atoms with Crippen LogP contribution < -0.4 is 10.6 Å². The summed E-state index contributed by atoms with van der Waals surface area (Å²) in [5.41, 5.74) is 5.45. The fourth-order valence-corrected chi connectivity index (χ4v) is 5.11. The lowest BCUT2D eigenvalue weighted by molar-refractivity contribution is 0.0770. The summed E-state index contributed by atoms with van der Waals surface area (Å²) in [6.07, 6.45) is 0.832. The summed E-state index contributed by atoms with van der Waals surface area (Å²) in [6.45, 7) is 4.03. The van der Waals surface area contributed by atoms with Crippen molar-refractivity contribution in [1.82, 2.24) is 15.1 Å². The molecule has 7 heteroatoms. The number of benzene rings is 3. The minimum absolute atomic E-state index is 0.0370. The molecule has 0 atom stereocenters. The van der Waals surface area contributed by atoms with Gasteiger partial charge in [0.05, 0.1) is 5.69 Å². The number of rotatable bonds is 9. The van der Waals surface area contributed by atoms with Crippen molar-refractivity contribution in [3.63, 3.8) is 0 Å². The van der Waals surface area contributed by atoms with Gasteiger partial charge in [0.2, 0.25) is 0 Å². The van der Waals surface area contributed by atoms with Crippen molar-refractivity contribution in [1.29, 1.82) is 0 Å². The molecule has 0 unspecified atom stereocenters. The van der Waals surface area contributed by atoms with E-state index in [0.717, 1.165) is 61.3 Å². The van der Waals surface area contributed by atoms with Gasteiger partial charge in [0.25, 0.3) is 5.91 Å². The highest BCUT2D eigenvalue weighted by Crippen LogP contribution is 2.39. The lowest BCUT2D eigenvalue weighted by Crippen LogP contribution is -2.40. The zero-order chi connectivity index (χ0) is 26.2. The molecule has 0 spiro atoms. The van der Waals surface area contributed by atoms with Crippen molar-refractivity contribution < 1.29 is 14.7 Å². The van der Waals surface area contributed by atoms with E-state index in [1.807, 2.05) is 86.9 Å². The monoisotopic (exact) mass is 500 g/mol. The Bertz CT molecular complexity index is 1210. The average molecular weight is 501 g/mol. The minimum Gasteiger partial charge on any atom is -0.465 e. The molecule has 1 aliphatic heterocycles. The second-order valence-electron chi connectivity index (χ2n) is 9.64. The number of carbonyl (C=O) groups is 2. The molecule has 4 rings (SSSR count). The number of likely N-dealkylation sites (tertiary alicyclic amines) is 1. The number of hydrogen-bond donors (Lipinski definition) is 3. The van der Waals surface area contributed by atoms with Gasteiger partial charge in [-0.1, -0.05) is 60.7 Å². The van der Waals surface area contributed by atoms with E-state index in [2.05, 4.69) is 15.5 Å². The number of nitrogens with zero attached hydrogens (tertiary/aromatic N) is 2. The first kappa shape index (κ1) is 26.4. The Morgan fingerprint density at radius 3 is 2.43 bits per heavy atom. The van der Waals surface area contributed by atoms with Crippen LogP contribution in [0.1, 0.15) is 40.2 Å². The molecule has 7 nitrogen and oxygen atoms in total. The Kier molecular flexibility index (Phi) is 8.93. The number of para-hydroxylation sites is 1. The summed E-state index contributed by atoms with van der Waals surface area (Å²) in [5, 5.41) is 15.3. The molecular weight excluding hydrogens is 464 g/mol. The van der Waals surface area contributed by atoms with Crippen LogP contribution >= 0.6 is 0 Å². The Balaban J connectivity index is 1.37. The summed E-state index contributed by atoms with van der Waals surface area (Å²) in [6, 6.07) is 23.7. The molecular formula is C30H36N4O3. The third-order valence-electron chi connectivity index (χ3n) is 7.09. The van der Waals surface area contributed by atoms with Gasteiger partial charge in [-0.2, -0.15) is 0 Å². The lowest BCUT2D eigenvalue weighted by atomic mass is 9.86. The zero-order valence-corrected chi connectivity index (χ0v) is 21.6. The molecule has 3 aromatic carbocycles. The molecule has 0 saturated carbocycles. The predicted molar refractivity (Wildman–Crippen MR) is 148 cm³/mol. The summed E-state index contributed by atoms with van der Waals surface area (Å²) in [5.74, 6) is 0.311. The average Bonchev–Trinajstić information content (AvgIpc) is 2.92. The largest absolute Gasteiger partial charge is 0.465 e. The Hall–Kier alpha value is -3.68. The van der Waals surface area contributed by atoms with E-state index in [1.165, 1.54) is 0 Å². The third-order valence-corrected chi connectivity index (χ3v) is 7.09. The van der Waals surface area contributed by atoms with Gasteiger partial charge in [0.1, 0.15) is 0 Å². The maximum Gasteiger partial charge on any atom is 0.409 e. The fraction of sp³-hybridized carbons (Fsp3) is 0.333. The van der Waals surface area contributed by atoms with E-state index in [-0.39, 0.29) is 11.8 Å². The quantitative estimate of drug-likeness (QED) is 0.380. The summed E-state index contributed by atoms with van der Waals surface area (Å²) >= 11 is 0. The van der Waals surface area contributed by atoms with Gasteiger partial charge in [-0.15, -0.1) is 0 Å². The number of amides is 2. The van der Waals surface area contributed by atoms with E-state index < -0.39 is 6.09 Å². The van der Waals surface area contributed by atoms with Crippen molar-refractivity contribution in [3.05, 3.63) is 89.5 Å².